The minimum atomic E-state index is -3.92. The number of sulfonamides is 2. The van der Waals surface area contributed by atoms with E-state index in [1.807, 2.05) is 30.3 Å². The summed E-state index contributed by atoms with van der Waals surface area (Å²) in [6.45, 7) is -0.133. The third kappa shape index (κ3) is 7.75. The van der Waals surface area contributed by atoms with E-state index in [0.29, 0.717) is 18.0 Å². The van der Waals surface area contributed by atoms with Crippen molar-refractivity contribution in [3.8, 4) is 5.75 Å². The summed E-state index contributed by atoms with van der Waals surface area (Å²) in [4.78, 5) is 12.7. The van der Waals surface area contributed by atoms with Gasteiger partial charge in [0.1, 0.15) is 18.9 Å². The number of amides is 1. The molecular formula is C28H26ClN3O6S2. The Hall–Kier alpha value is -4.06. The summed E-state index contributed by atoms with van der Waals surface area (Å²) >= 11 is 6.04. The molecule has 0 radical (unpaired) electrons. The number of carbonyl (C=O) groups is 1. The first kappa shape index (κ1) is 28.9. The molecule has 1 amide bonds. The van der Waals surface area contributed by atoms with Crippen LogP contribution in [0.3, 0.4) is 0 Å². The van der Waals surface area contributed by atoms with Crippen LogP contribution in [0.15, 0.2) is 108 Å². The quantitative estimate of drug-likeness (QED) is 0.247. The lowest BCUT2D eigenvalue weighted by Crippen LogP contribution is -2.37. The van der Waals surface area contributed by atoms with E-state index in [9.17, 15) is 21.6 Å². The molecule has 0 bridgehead atoms. The SMILES string of the molecule is CS(=O)(=O)N(CC(=O)Nc1ccc(S(=O)(=O)Nc2ccccc2Cl)cc1)c1ccc(OCc2ccccc2)cc1. The van der Waals surface area contributed by atoms with Crippen LogP contribution in [0.5, 0.6) is 5.75 Å². The Morgan fingerprint density at radius 1 is 0.825 bits per heavy atom. The zero-order valence-electron chi connectivity index (χ0n) is 21.3. The Bertz CT molecular complexity index is 1680. The van der Waals surface area contributed by atoms with E-state index in [4.69, 9.17) is 16.3 Å². The number of carbonyl (C=O) groups excluding carboxylic acids is 1. The molecule has 0 spiro atoms. The van der Waals surface area contributed by atoms with Gasteiger partial charge >= 0.3 is 0 Å². The van der Waals surface area contributed by atoms with Crippen LogP contribution in [0.2, 0.25) is 5.02 Å². The first-order valence-corrected chi connectivity index (χ1v) is 15.6. The smallest absolute Gasteiger partial charge is 0.261 e. The molecule has 12 heteroatoms. The van der Waals surface area contributed by atoms with Crippen molar-refractivity contribution in [2.24, 2.45) is 0 Å². The molecule has 0 aromatic heterocycles. The topological polar surface area (TPSA) is 122 Å². The monoisotopic (exact) mass is 599 g/mol. The number of nitrogens with one attached hydrogen (secondary N) is 2. The second-order valence-corrected chi connectivity index (χ2v) is 12.7. The summed E-state index contributed by atoms with van der Waals surface area (Å²) in [6.07, 6.45) is 1.01. The highest BCUT2D eigenvalue weighted by Gasteiger charge is 2.21. The number of benzene rings is 4. The molecule has 2 N–H and O–H groups in total. The molecule has 0 fully saturated rings. The fourth-order valence-corrected chi connectivity index (χ4v) is 5.82. The van der Waals surface area contributed by atoms with Gasteiger partial charge in [0.25, 0.3) is 10.0 Å². The van der Waals surface area contributed by atoms with Gasteiger partial charge in [0.05, 0.1) is 27.5 Å². The van der Waals surface area contributed by atoms with Crippen LogP contribution in [0, 0.1) is 0 Å². The van der Waals surface area contributed by atoms with Crippen LogP contribution < -0.4 is 19.1 Å². The van der Waals surface area contributed by atoms with Crippen LogP contribution in [-0.4, -0.2) is 35.5 Å². The third-order valence-electron chi connectivity index (χ3n) is 5.63. The maximum absolute atomic E-state index is 12.7. The lowest BCUT2D eigenvalue weighted by molar-refractivity contribution is -0.114. The molecule has 9 nitrogen and oxygen atoms in total. The minimum Gasteiger partial charge on any atom is -0.489 e. The minimum absolute atomic E-state index is 0.0437. The lowest BCUT2D eigenvalue weighted by atomic mass is 10.2. The summed E-state index contributed by atoms with van der Waals surface area (Å²) in [6, 6.07) is 27.8. The summed E-state index contributed by atoms with van der Waals surface area (Å²) in [5.74, 6) is -0.0656. The normalized spacial score (nSPS) is 11.4. The number of hydrogen-bond donors (Lipinski definition) is 2. The number of para-hydroxylation sites is 1. The Kier molecular flexibility index (Phi) is 8.98. The van der Waals surface area contributed by atoms with Crippen molar-refractivity contribution in [1.82, 2.24) is 0 Å². The molecule has 0 unspecified atom stereocenters. The van der Waals surface area contributed by atoms with Crippen LogP contribution in [-0.2, 0) is 31.4 Å². The van der Waals surface area contributed by atoms with Gasteiger partial charge in [-0.15, -0.1) is 0 Å². The number of anilines is 3. The third-order valence-corrected chi connectivity index (χ3v) is 8.48. The average molecular weight is 600 g/mol. The Morgan fingerprint density at radius 2 is 1.45 bits per heavy atom. The summed E-state index contributed by atoms with van der Waals surface area (Å²) in [5, 5.41) is 2.85. The molecule has 0 aliphatic heterocycles. The van der Waals surface area contributed by atoms with Crippen molar-refractivity contribution >= 4 is 54.6 Å². The average Bonchev–Trinajstić information content (AvgIpc) is 2.92. The second kappa shape index (κ2) is 12.4. The number of nitrogens with zero attached hydrogens (tertiary/aromatic N) is 1. The molecular weight excluding hydrogens is 574 g/mol. The molecule has 0 heterocycles. The van der Waals surface area contributed by atoms with Gasteiger partial charge in [0, 0.05) is 5.69 Å². The number of halogens is 1. The highest BCUT2D eigenvalue weighted by molar-refractivity contribution is 7.92. The van der Waals surface area contributed by atoms with Crippen LogP contribution in [0.25, 0.3) is 0 Å². The Morgan fingerprint density at radius 3 is 2.08 bits per heavy atom. The fraction of sp³-hybridized carbons (Fsp3) is 0.107. The predicted molar refractivity (Wildman–Crippen MR) is 157 cm³/mol. The maximum atomic E-state index is 12.7. The summed E-state index contributed by atoms with van der Waals surface area (Å²) in [7, 11) is -7.72. The summed E-state index contributed by atoms with van der Waals surface area (Å²) in [5.41, 5.74) is 1.80. The lowest BCUT2D eigenvalue weighted by Gasteiger charge is -2.22. The van der Waals surface area contributed by atoms with E-state index in [0.717, 1.165) is 16.1 Å². The van der Waals surface area contributed by atoms with Crippen molar-refractivity contribution in [2.45, 2.75) is 11.5 Å². The van der Waals surface area contributed by atoms with Gasteiger partial charge in [-0.3, -0.25) is 13.8 Å². The molecule has 4 aromatic carbocycles. The van der Waals surface area contributed by atoms with E-state index >= 15 is 0 Å². The molecule has 4 aromatic rings. The largest absolute Gasteiger partial charge is 0.489 e. The van der Waals surface area contributed by atoms with E-state index < -0.39 is 32.5 Å². The molecule has 40 heavy (non-hydrogen) atoms. The van der Waals surface area contributed by atoms with Crippen molar-refractivity contribution in [1.29, 1.82) is 0 Å². The summed E-state index contributed by atoms with van der Waals surface area (Å²) < 4.78 is 59.5. The van der Waals surface area contributed by atoms with Gasteiger partial charge < -0.3 is 10.1 Å². The van der Waals surface area contributed by atoms with Gasteiger partial charge in [-0.1, -0.05) is 54.1 Å². The van der Waals surface area contributed by atoms with E-state index in [1.165, 1.54) is 30.3 Å². The van der Waals surface area contributed by atoms with Gasteiger partial charge in [-0.05, 0) is 66.2 Å². The molecule has 0 aliphatic rings. The van der Waals surface area contributed by atoms with Gasteiger partial charge in [-0.2, -0.15) is 0 Å². The van der Waals surface area contributed by atoms with Crippen LogP contribution in [0.1, 0.15) is 5.56 Å². The molecule has 0 atom stereocenters. The number of hydrogen-bond acceptors (Lipinski definition) is 6. The highest BCUT2D eigenvalue weighted by Crippen LogP contribution is 2.25. The van der Waals surface area contributed by atoms with Crippen LogP contribution in [0.4, 0.5) is 17.1 Å². The van der Waals surface area contributed by atoms with Crippen molar-refractivity contribution in [3.63, 3.8) is 0 Å². The molecule has 0 saturated heterocycles. The van der Waals surface area contributed by atoms with E-state index in [-0.39, 0.29) is 21.3 Å². The predicted octanol–water partition coefficient (Wildman–Crippen LogP) is 5.12. The fourth-order valence-electron chi connectivity index (χ4n) is 3.65. The van der Waals surface area contributed by atoms with Crippen molar-refractivity contribution in [3.05, 3.63) is 114 Å². The Labute approximate surface area is 238 Å². The van der Waals surface area contributed by atoms with E-state index in [1.54, 1.807) is 42.5 Å². The van der Waals surface area contributed by atoms with Crippen LogP contribution >= 0.6 is 11.6 Å². The number of ether oxygens (including phenoxy) is 1. The maximum Gasteiger partial charge on any atom is 0.261 e. The zero-order valence-corrected chi connectivity index (χ0v) is 23.7. The zero-order chi connectivity index (χ0) is 28.8. The standard InChI is InChI=1S/C28H26ClN3O6S2/c1-39(34,35)32(23-13-15-24(16-14-23)38-20-21-7-3-2-4-8-21)19-28(33)30-22-11-17-25(18-12-22)40(36,37)31-27-10-6-5-9-26(27)29/h2-18,31H,19-20H2,1H3,(H,30,33). The second-order valence-electron chi connectivity index (χ2n) is 8.70. The first-order chi connectivity index (χ1) is 19.0. The molecule has 0 saturated carbocycles. The van der Waals surface area contributed by atoms with Gasteiger partial charge in [-0.25, -0.2) is 16.8 Å². The van der Waals surface area contributed by atoms with Gasteiger partial charge in [0.15, 0.2) is 0 Å². The Balaban J connectivity index is 1.39. The molecule has 4 rings (SSSR count). The van der Waals surface area contributed by atoms with Crippen molar-refractivity contribution < 1.29 is 26.4 Å². The molecule has 0 aliphatic carbocycles. The molecule has 208 valence electrons. The first-order valence-electron chi connectivity index (χ1n) is 11.9. The van der Waals surface area contributed by atoms with Gasteiger partial charge in [0.2, 0.25) is 15.9 Å². The van der Waals surface area contributed by atoms with Crippen molar-refractivity contribution in [2.75, 3.05) is 27.1 Å². The highest BCUT2D eigenvalue weighted by atomic mass is 35.5. The number of rotatable bonds is 11. The van der Waals surface area contributed by atoms with E-state index in [2.05, 4.69) is 10.0 Å².